The quantitative estimate of drug-likeness (QED) is 0.900. The number of rotatable bonds is 2. The monoisotopic (exact) mass is 261 g/mol. The van der Waals surface area contributed by atoms with Gasteiger partial charge in [-0.2, -0.15) is 0 Å². The highest BCUT2D eigenvalue weighted by Crippen LogP contribution is 2.23. The molecule has 0 unspecified atom stereocenters. The normalized spacial score (nSPS) is 21.6. The second-order valence-electron chi connectivity index (χ2n) is 5.06. The zero-order valence-corrected chi connectivity index (χ0v) is 11.8. The lowest BCUT2D eigenvalue weighted by Crippen LogP contribution is -2.49. The molecule has 0 radical (unpaired) electrons. The van der Waals surface area contributed by atoms with Crippen LogP contribution in [-0.2, 0) is 6.54 Å². The molecule has 3 rings (SSSR count). The summed E-state index contributed by atoms with van der Waals surface area (Å²) in [5.41, 5.74) is 2.54. The van der Waals surface area contributed by atoms with Gasteiger partial charge in [0.15, 0.2) is 0 Å². The van der Waals surface area contributed by atoms with Crippen LogP contribution in [-0.4, -0.2) is 35.6 Å². The Morgan fingerprint density at radius 2 is 2.39 bits per heavy atom. The molecule has 4 heteroatoms. The molecule has 1 aliphatic heterocycles. The van der Waals surface area contributed by atoms with E-state index in [-0.39, 0.29) is 0 Å². The largest absolute Gasteiger partial charge is 0.314 e. The molecule has 96 valence electrons. The molecule has 1 saturated heterocycles. The molecule has 18 heavy (non-hydrogen) atoms. The van der Waals surface area contributed by atoms with E-state index in [2.05, 4.69) is 47.2 Å². The molecule has 0 amide bonds. The van der Waals surface area contributed by atoms with Crippen LogP contribution in [0.5, 0.6) is 0 Å². The van der Waals surface area contributed by atoms with E-state index in [9.17, 15) is 0 Å². The number of nitrogens with one attached hydrogen (secondary N) is 1. The van der Waals surface area contributed by atoms with Crippen LogP contribution in [0.25, 0.3) is 10.2 Å². The lowest BCUT2D eigenvalue weighted by atomic mass is 10.1. The molecule has 0 aliphatic carbocycles. The van der Waals surface area contributed by atoms with Crippen molar-refractivity contribution in [2.24, 2.45) is 0 Å². The standard InChI is InChI=1S/C14H19N3S/c1-10-8-15-5-6-17(10)9-12-3-4-13-14(7-12)18-11(2)16-13/h3-4,7,10,15H,5-6,8-9H2,1-2H3/t10-/m0/s1. The first-order chi connectivity index (χ1) is 8.72. The van der Waals surface area contributed by atoms with Gasteiger partial charge in [-0.3, -0.25) is 4.90 Å². The van der Waals surface area contributed by atoms with Crippen LogP contribution in [0, 0.1) is 6.92 Å². The summed E-state index contributed by atoms with van der Waals surface area (Å²) in [6, 6.07) is 7.30. The van der Waals surface area contributed by atoms with E-state index in [4.69, 9.17) is 0 Å². The van der Waals surface area contributed by atoms with Crippen molar-refractivity contribution in [2.45, 2.75) is 26.4 Å². The minimum Gasteiger partial charge on any atom is -0.314 e. The molecule has 1 aliphatic rings. The molecule has 0 spiro atoms. The molecule has 1 N–H and O–H groups in total. The summed E-state index contributed by atoms with van der Waals surface area (Å²) < 4.78 is 1.31. The number of fused-ring (bicyclic) bond motifs is 1. The molecular formula is C14H19N3S. The molecule has 0 bridgehead atoms. The molecule has 2 aromatic rings. The molecule has 1 fully saturated rings. The van der Waals surface area contributed by atoms with Crippen molar-refractivity contribution < 1.29 is 0 Å². The number of hydrogen-bond donors (Lipinski definition) is 1. The van der Waals surface area contributed by atoms with Crippen molar-refractivity contribution in [1.29, 1.82) is 0 Å². The minimum atomic E-state index is 0.623. The van der Waals surface area contributed by atoms with Gasteiger partial charge >= 0.3 is 0 Å². The number of piperazine rings is 1. The fourth-order valence-electron chi connectivity index (χ4n) is 2.54. The predicted molar refractivity (Wildman–Crippen MR) is 77.1 cm³/mol. The number of thiazole rings is 1. The topological polar surface area (TPSA) is 28.2 Å². The van der Waals surface area contributed by atoms with E-state index in [1.54, 1.807) is 11.3 Å². The van der Waals surface area contributed by atoms with Gasteiger partial charge in [0.2, 0.25) is 0 Å². The summed E-state index contributed by atoms with van der Waals surface area (Å²) in [7, 11) is 0. The molecule has 1 aromatic heterocycles. The van der Waals surface area contributed by atoms with Crippen LogP contribution in [0.3, 0.4) is 0 Å². The zero-order valence-electron chi connectivity index (χ0n) is 10.9. The summed E-state index contributed by atoms with van der Waals surface area (Å²) >= 11 is 1.79. The van der Waals surface area contributed by atoms with Crippen molar-refractivity contribution in [3.8, 4) is 0 Å². The Bertz CT molecular complexity index is 549. The molecular weight excluding hydrogens is 242 g/mol. The maximum atomic E-state index is 4.51. The number of hydrogen-bond acceptors (Lipinski definition) is 4. The first-order valence-electron chi connectivity index (χ1n) is 6.53. The first kappa shape index (κ1) is 12.1. The summed E-state index contributed by atoms with van der Waals surface area (Å²) in [4.78, 5) is 7.06. The van der Waals surface area contributed by atoms with E-state index in [1.807, 2.05) is 0 Å². The second-order valence-corrected chi connectivity index (χ2v) is 6.29. The summed E-state index contributed by atoms with van der Waals surface area (Å²) in [6.45, 7) is 8.76. The molecule has 1 aromatic carbocycles. The Balaban J connectivity index is 1.81. The van der Waals surface area contributed by atoms with Crippen LogP contribution < -0.4 is 5.32 Å². The van der Waals surface area contributed by atoms with Gasteiger partial charge < -0.3 is 5.32 Å². The highest BCUT2D eigenvalue weighted by Gasteiger charge is 2.17. The third kappa shape index (κ3) is 2.41. The Morgan fingerprint density at radius 1 is 1.50 bits per heavy atom. The Morgan fingerprint density at radius 3 is 3.22 bits per heavy atom. The Kier molecular flexibility index (Phi) is 3.33. The van der Waals surface area contributed by atoms with E-state index in [0.717, 1.165) is 36.7 Å². The maximum absolute atomic E-state index is 4.51. The fraction of sp³-hybridized carbons (Fsp3) is 0.500. The number of benzene rings is 1. The van der Waals surface area contributed by atoms with Gasteiger partial charge in [-0.05, 0) is 31.5 Å². The first-order valence-corrected chi connectivity index (χ1v) is 7.35. The van der Waals surface area contributed by atoms with Crippen LogP contribution in [0.2, 0.25) is 0 Å². The molecule has 2 heterocycles. The van der Waals surface area contributed by atoms with Gasteiger partial charge in [-0.15, -0.1) is 11.3 Å². The molecule has 1 atom stereocenters. The number of aromatic nitrogens is 1. The van der Waals surface area contributed by atoms with Crippen LogP contribution >= 0.6 is 11.3 Å². The van der Waals surface area contributed by atoms with E-state index in [1.165, 1.54) is 10.3 Å². The summed E-state index contributed by atoms with van der Waals surface area (Å²) in [5.74, 6) is 0. The average Bonchev–Trinajstić information content (AvgIpc) is 2.71. The van der Waals surface area contributed by atoms with Crippen molar-refractivity contribution in [1.82, 2.24) is 15.2 Å². The van der Waals surface area contributed by atoms with E-state index < -0.39 is 0 Å². The van der Waals surface area contributed by atoms with Crippen LogP contribution in [0.4, 0.5) is 0 Å². The fourth-order valence-corrected chi connectivity index (χ4v) is 3.43. The van der Waals surface area contributed by atoms with Crippen molar-refractivity contribution in [3.05, 3.63) is 28.8 Å². The van der Waals surface area contributed by atoms with Gasteiger partial charge in [-0.1, -0.05) is 6.07 Å². The summed E-state index contributed by atoms with van der Waals surface area (Å²) in [6.07, 6.45) is 0. The number of nitrogens with zero attached hydrogens (tertiary/aromatic N) is 2. The van der Waals surface area contributed by atoms with Gasteiger partial charge in [0.05, 0.1) is 15.2 Å². The van der Waals surface area contributed by atoms with Gasteiger partial charge in [0.25, 0.3) is 0 Å². The highest BCUT2D eigenvalue weighted by molar-refractivity contribution is 7.18. The second kappa shape index (κ2) is 4.96. The SMILES string of the molecule is Cc1nc2ccc(CN3CCNC[C@@H]3C)cc2s1. The van der Waals surface area contributed by atoms with Gasteiger partial charge in [-0.25, -0.2) is 4.98 Å². The predicted octanol–water partition coefficient (Wildman–Crippen LogP) is 2.40. The van der Waals surface area contributed by atoms with Crippen LogP contribution in [0.15, 0.2) is 18.2 Å². The Hall–Kier alpha value is -0.970. The van der Waals surface area contributed by atoms with Crippen molar-refractivity contribution in [2.75, 3.05) is 19.6 Å². The van der Waals surface area contributed by atoms with E-state index in [0.29, 0.717) is 6.04 Å². The highest BCUT2D eigenvalue weighted by atomic mass is 32.1. The van der Waals surface area contributed by atoms with Crippen molar-refractivity contribution >= 4 is 21.6 Å². The lowest BCUT2D eigenvalue weighted by Gasteiger charge is -2.33. The third-order valence-electron chi connectivity index (χ3n) is 3.58. The zero-order chi connectivity index (χ0) is 12.5. The lowest BCUT2D eigenvalue weighted by molar-refractivity contribution is 0.166. The molecule has 0 saturated carbocycles. The maximum Gasteiger partial charge on any atom is 0.0907 e. The third-order valence-corrected chi connectivity index (χ3v) is 4.52. The summed E-state index contributed by atoms with van der Waals surface area (Å²) in [5, 5.41) is 4.58. The average molecular weight is 261 g/mol. The van der Waals surface area contributed by atoms with Gasteiger partial charge in [0, 0.05) is 32.2 Å². The minimum absolute atomic E-state index is 0.623. The van der Waals surface area contributed by atoms with E-state index >= 15 is 0 Å². The van der Waals surface area contributed by atoms with Gasteiger partial charge in [0.1, 0.15) is 0 Å². The molecule has 3 nitrogen and oxygen atoms in total. The van der Waals surface area contributed by atoms with Crippen molar-refractivity contribution in [3.63, 3.8) is 0 Å². The number of aryl methyl sites for hydroxylation is 1. The van der Waals surface area contributed by atoms with Crippen LogP contribution in [0.1, 0.15) is 17.5 Å². The smallest absolute Gasteiger partial charge is 0.0907 e. The Labute approximate surface area is 112 Å².